The first kappa shape index (κ1) is 28.9. The number of ketones is 1. The number of hydrogen-bond acceptors (Lipinski definition) is 6. The summed E-state index contributed by atoms with van der Waals surface area (Å²) >= 11 is 0. The Morgan fingerprint density at radius 1 is 0.789 bits per heavy atom. The summed E-state index contributed by atoms with van der Waals surface area (Å²) in [4.78, 5) is 48.7. The normalized spacial score (nSPS) is 16.9. The molecule has 1 aliphatic rings. The van der Waals surface area contributed by atoms with E-state index in [0.717, 1.165) is 24.0 Å². The Labute approximate surface area is 224 Å². The average Bonchev–Trinajstić information content (AvgIpc) is 2.93. The second-order valence-corrected chi connectivity index (χ2v) is 9.66. The fourth-order valence-electron chi connectivity index (χ4n) is 4.40. The molecule has 0 aromatic heterocycles. The highest BCUT2D eigenvalue weighted by atomic mass is 16.5. The lowest BCUT2D eigenvalue weighted by Crippen LogP contribution is -2.49. The molecule has 0 saturated carbocycles. The Kier molecular flexibility index (Phi) is 12.3. The highest BCUT2D eigenvalue weighted by Crippen LogP contribution is 2.22. The summed E-state index contributed by atoms with van der Waals surface area (Å²) in [5, 5.41) is 5.58. The van der Waals surface area contributed by atoms with E-state index in [2.05, 4.69) is 10.6 Å². The molecular formula is C30H38N2O6. The van der Waals surface area contributed by atoms with Crippen molar-refractivity contribution < 1.29 is 28.7 Å². The van der Waals surface area contributed by atoms with Crippen molar-refractivity contribution in [2.24, 2.45) is 5.92 Å². The number of piperidine rings is 1. The van der Waals surface area contributed by atoms with Gasteiger partial charge in [-0.05, 0) is 43.2 Å². The molecule has 8 nitrogen and oxygen atoms in total. The molecular weight excluding hydrogens is 484 g/mol. The number of carbonyl (C=O) groups excluding carboxylic acids is 4. The molecule has 1 aliphatic heterocycles. The minimum atomic E-state index is -0.470. The highest BCUT2D eigenvalue weighted by molar-refractivity contribution is 5.96. The van der Waals surface area contributed by atoms with Gasteiger partial charge in [-0.2, -0.15) is 0 Å². The molecule has 2 N–H and O–H groups in total. The van der Waals surface area contributed by atoms with Gasteiger partial charge in [0.15, 0.2) is 5.78 Å². The Balaban J connectivity index is 1.20. The van der Waals surface area contributed by atoms with Gasteiger partial charge in [0.05, 0.1) is 6.04 Å². The van der Waals surface area contributed by atoms with Crippen molar-refractivity contribution in [2.75, 3.05) is 6.54 Å². The number of amides is 2. The molecule has 2 aromatic carbocycles. The first-order valence-corrected chi connectivity index (χ1v) is 13.5. The third-order valence-corrected chi connectivity index (χ3v) is 6.60. The van der Waals surface area contributed by atoms with Crippen LogP contribution >= 0.6 is 0 Å². The molecule has 2 unspecified atom stereocenters. The second kappa shape index (κ2) is 16.2. The lowest BCUT2D eigenvalue weighted by molar-refractivity contribution is -0.145. The lowest BCUT2D eigenvalue weighted by atomic mass is 9.87. The van der Waals surface area contributed by atoms with Crippen LogP contribution in [0, 0.1) is 5.92 Å². The number of alkyl carbamates (subject to hydrolysis) is 1. The topological polar surface area (TPSA) is 111 Å². The number of esters is 1. The zero-order chi connectivity index (χ0) is 27.0. The summed E-state index contributed by atoms with van der Waals surface area (Å²) in [5.41, 5.74) is 1.88. The van der Waals surface area contributed by atoms with E-state index >= 15 is 0 Å². The van der Waals surface area contributed by atoms with Gasteiger partial charge in [-0.1, -0.05) is 73.5 Å². The third-order valence-electron chi connectivity index (χ3n) is 6.60. The number of nitrogens with one attached hydrogen (secondary N) is 2. The molecule has 2 aromatic rings. The van der Waals surface area contributed by atoms with Crippen LogP contribution < -0.4 is 10.6 Å². The van der Waals surface area contributed by atoms with E-state index in [0.29, 0.717) is 45.1 Å². The molecule has 0 radical (unpaired) electrons. The fourth-order valence-corrected chi connectivity index (χ4v) is 4.40. The quantitative estimate of drug-likeness (QED) is 0.256. The van der Waals surface area contributed by atoms with Gasteiger partial charge in [0.2, 0.25) is 5.91 Å². The van der Waals surface area contributed by atoms with Crippen molar-refractivity contribution in [2.45, 2.75) is 77.0 Å². The van der Waals surface area contributed by atoms with Crippen molar-refractivity contribution >= 4 is 23.8 Å². The lowest BCUT2D eigenvalue weighted by Gasteiger charge is -2.28. The summed E-state index contributed by atoms with van der Waals surface area (Å²) < 4.78 is 10.4. The average molecular weight is 523 g/mol. The first-order valence-electron chi connectivity index (χ1n) is 13.5. The molecule has 1 saturated heterocycles. The predicted octanol–water partition coefficient (Wildman–Crippen LogP) is 4.85. The number of hydrogen-bond donors (Lipinski definition) is 2. The first-order chi connectivity index (χ1) is 18.5. The van der Waals surface area contributed by atoms with E-state index in [-0.39, 0.29) is 43.2 Å². The van der Waals surface area contributed by atoms with Gasteiger partial charge in [-0.15, -0.1) is 0 Å². The van der Waals surface area contributed by atoms with E-state index in [1.165, 1.54) is 0 Å². The smallest absolute Gasteiger partial charge is 0.407 e. The molecule has 1 heterocycles. The Bertz CT molecular complexity index is 944. The van der Waals surface area contributed by atoms with Gasteiger partial charge in [0.1, 0.15) is 13.2 Å². The largest absolute Gasteiger partial charge is 0.461 e. The maximum Gasteiger partial charge on any atom is 0.407 e. The van der Waals surface area contributed by atoms with Gasteiger partial charge in [-0.3, -0.25) is 14.4 Å². The maximum atomic E-state index is 12.5. The van der Waals surface area contributed by atoms with Gasteiger partial charge < -0.3 is 20.1 Å². The molecule has 8 heteroatoms. The van der Waals surface area contributed by atoms with Crippen molar-refractivity contribution in [1.29, 1.82) is 0 Å². The minimum Gasteiger partial charge on any atom is -0.461 e. The molecule has 2 amide bonds. The van der Waals surface area contributed by atoms with Crippen LogP contribution in [0.1, 0.15) is 68.9 Å². The van der Waals surface area contributed by atoms with Crippen molar-refractivity contribution in [3.63, 3.8) is 0 Å². The molecule has 0 spiro atoms. The van der Waals surface area contributed by atoms with Crippen LogP contribution in [0.3, 0.4) is 0 Å². The Hall–Kier alpha value is -3.68. The van der Waals surface area contributed by atoms with Crippen LogP contribution in [0.2, 0.25) is 0 Å². The maximum absolute atomic E-state index is 12.5. The summed E-state index contributed by atoms with van der Waals surface area (Å²) in [5.74, 6) is -0.528. The van der Waals surface area contributed by atoms with Crippen LogP contribution in [0.4, 0.5) is 4.79 Å². The second-order valence-electron chi connectivity index (χ2n) is 9.66. The van der Waals surface area contributed by atoms with E-state index in [1.807, 2.05) is 60.7 Å². The summed E-state index contributed by atoms with van der Waals surface area (Å²) in [6.45, 7) is 0.950. The predicted molar refractivity (Wildman–Crippen MR) is 143 cm³/mol. The zero-order valence-electron chi connectivity index (χ0n) is 21.9. The monoisotopic (exact) mass is 522 g/mol. The SMILES string of the molecule is O=C(CCCCCC1CC(=O)C(CCCCNC(=O)OCc2ccccc2)NC1=O)OCc1ccccc1. The van der Waals surface area contributed by atoms with Gasteiger partial charge in [-0.25, -0.2) is 4.79 Å². The van der Waals surface area contributed by atoms with E-state index in [4.69, 9.17) is 9.47 Å². The third kappa shape index (κ3) is 10.7. The number of Topliss-reactive ketones (excluding diaryl/α,β-unsaturated/α-hetero) is 1. The summed E-state index contributed by atoms with van der Waals surface area (Å²) in [6, 6.07) is 18.6. The molecule has 3 rings (SSSR count). The van der Waals surface area contributed by atoms with Crippen LogP contribution in [0.5, 0.6) is 0 Å². The highest BCUT2D eigenvalue weighted by Gasteiger charge is 2.33. The Morgan fingerprint density at radius 2 is 1.42 bits per heavy atom. The van der Waals surface area contributed by atoms with Gasteiger partial charge in [0.25, 0.3) is 0 Å². The van der Waals surface area contributed by atoms with Crippen LogP contribution in [-0.2, 0) is 37.1 Å². The van der Waals surface area contributed by atoms with Crippen LogP contribution in [0.15, 0.2) is 60.7 Å². The van der Waals surface area contributed by atoms with Gasteiger partial charge >= 0.3 is 12.1 Å². The molecule has 204 valence electrons. The number of unbranched alkanes of at least 4 members (excludes halogenated alkanes) is 3. The van der Waals surface area contributed by atoms with E-state index in [9.17, 15) is 19.2 Å². The standard InChI is InChI=1S/C30H38N2O6/c33-27-20-25(16-8-3-9-18-28(34)37-21-23-12-4-1-5-13-23)29(35)32-26(27)17-10-11-19-31-30(36)38-22-24-14-6-2-7-15-24/h1-2,4-7,12-15,25-26H,3,8-11,16-22H2,(H,31,36)(H,32,35). The summed E-state index contributed by atoms with van der Waals surface area (Å²) in [6.07, 6.45) is 5.04. The van der Waals surface area contributed by atoms with Crippen LogP contribution in [0.25, 0.3) is 0 Å². The zero-order valence-corrected chi connectivity index (χ0v) is 21.9. The molecule has 38 heavy (non-hydrogen) atoms. The summed E-state index contributed by atoms with van der Waals surface area (Å²) in [7, 11) is 0. The van der Waals surface area contributed by atoms with Crippen molar-refractivity contribution in [3.05, 3.63) is 71.8 Å². The Morgan fingerprint density at radius 3 is 2.11 bits per heavy atom. The molecule has 0 bridgehead atoms. The number of carbonyl (C=O) groups is 4. The van der Waals surface area contributed by atoms with Gasteiger partial charge in [0, 0.05) is 25.3 Å². The number of rotatable bonds is 15. The fraction of sp³-hybridized carbons (Fsp3) is 0.467. The van der Waals surface area contributed by atoms with Crippen molar-refractivity contribution in [1.82, 2.24) is 10.6 Å². The van der Waals surface area contributed by atoms with Crippen molar-refractivity contribution in [3.8, 4) is 0 Å². The number of ether oxygens (including phenoxy) is 2. The molecule has 2 atom stereocenters. The van der Waals surface area contributed by atoms with E-state index < -0.39 is 12.1 Å². The van der Waals surface area contributed by atoms with Crippen LogP contribution in [-0.4, -0.2) is 36.3 Å². The van der Waals surface area contributed by atoms with E-state index in [1.54, 1.807) is 0 Å². The molecule has 1 fully saturated rings. The molecule has 0 aliphatic carbocycles. The minimum absolute atomic E-state index is 0.0642. The number of benzene rings is 2.